The summed E-state index contributed by atoms with van der Waals surface area (Å²) in [6.45, 7) is 0. The Balaban J connectivity index is 1.53. The van der Waals surface area contributed by atoms with Gasteiger partial charge in [-0.05, 0) is 0 Å². The van der Waals surface area contributed by atoms with Gasteiger partial charge >= 0.3 is 11.9 Å². The Morgan fingerprint density at radius 2 is 2.22 bits per heavy atom. The van der Waals surface area contributed by atoms with E-state index in [9.17, 15) is 24.3 Å². The molecule has 142 valence electrons. The van der Waals surface area contributed by atoms with Crippen LogP contribution < -0.4 is 11.1 Å². The zero-order chi connectivity index (χ0) is 19.5. The third-order valence-electron chi connectivity index (χ3n) is 4.70. The van der Waals surface area contributed by atoms with Gasteiger partial charge in [0.15, 0.2) is 5.13 Å². The molecule has 3 saturated heterocycles. The molecular formula is C14H13N5O6S2. The summed E-state index contributed by atoms with van der Waals surface area (Å²) in [5.74, 6) is -3.94. The molecule has 4 heterocycles. The molecule has 3 aliphatic heterocycles. The summed E-state index contributed by atoms with van der Waals surface area (Å²) in [6.07, 6.45) is -0.0806. The number of esters is 1. The molecule has 4 unspecified atom stereocenters. The van der Waals surface area contributed by atoms with Gasteiger partial charge in [-0.15, -0.1) is 23.1 Å². The second-order valence-electron chi connectivity index (χ2n) is 6.21. The van der Waals surface area contributed by atoms with E-state index in [0.29, 0.717) is 5.75 Å². The number of thiazole rings is 1. The number of nitrogens with two attached hydrogens (primary N) is 1. The number of fused-ring (bicyclic) bond motifs is 3. The monoisotopic (exact) mass is 411 g/mol. The van der Waals surface area contributed by atoms with Gasteiger partial charge in [-0.1, -0.05) is 0 Å². The largest absolute Gasteiger partial charge is 0.477 e. The summed E-state index contributed by atoms with van der Waals surface area (Å²) in [5, 5.41) is 20.9. The molecule has 2 amide bonds. The quantitative estimate of drug-likeness (QED) is 0.270. The van der Waals surface area contributed by atoms with Gasteiger partial charge in [-0.2, -0.15) is 0 Å². The number of rotatable bonds is 4. The second kappa shape index (κ2) is 5.92. The molecule has 0 aromatic carbocycles. The summed E-state index contributed by atoms with van der Waals surface area (Å²) >= 11 is 2.34. The zero-order valence-corrected chi connectivity index (χ0v) is 15.1. The number of carbonyl (C=O) groups excluding carboxylic acids is 3. The summed E-state index contributed by atoms with van der Waals surface area (Å²) < 4.78 is 5.07. The predicted octanol–water partition coefficient (Wildman–Crippen LogP) is -1.16. The van der Waals surface area contributed by atoms with Crippen molar-refractivity contribution in [1.29, 1.82) is 5.41 Å². The molecule has 5 N–H and O–H groups in total. The van der Waals surface area contributed by atoms with Crippen molar-refractivity contribution in [2.75, 3.05) is 11.5 Å². The minimum atomic E-state index is -2.03. The van der Waals surface area contributed by atoms with Crippen LogP contribution in [-0.2, 0) is 23.9 Å². The van der Waals surface area contributed by atoms with Gasteiger partial charge in [-0.25, -0.2) is 9.78 Å². The van der Waals surface area contributed by atoms with E-state index in [4.69, 9.17) is 15.9 Å². The van der Waals surface area contributed by atoms with Crippen LogP contribution in [0.25, 0.3) is 0 Å². The van der Waals surface area contributed by atoms with Crippen molar-refractivity contribution < 1.29 is 29.0 Å². The molecule has 0 radical (unpaired) electrons. The fraction of sp³-hybridized carbons (Fsp3) is 0.429. The maximum Gasteiger partial charge on any atom is 0.370 e. The zero-order valence-electron chi connectivity index (χ0n) is 13.5. The number of carbonyl (C=O) groups is 4. The van der Waals surface area contributed by atoms with Gasteiger partial charge in [0, 0.05) is 17.1 Å². The van der Waals surface area contributed by atoms with Crippen molar-refractivity contribution >= 4 is 57.7 Å². The second-order valence-corrected chi connectivity index (χ2v) is 8.25. The SMILES string of the molecule is N=C(C(=O)NC1C(=O)N2C1SCC1CC(=O)OC12C(=O)O)c1csc(N)n1. The number of ether oxygens (including phenoxy) is 1. The Hall–Kier alpha value is -2.67. The third-order valence-corrected chi connectivity index (χ3v) is 6.80. The van der Waals surface area contributed by atoms with Crippen LogP contribution in [0.4, 0.5) is 5.13 Å². The fourth-order valence-electron chi connectivity index (χ4n) is 3.44. The normalized spacial score (nSPS) is 31.4. The molecule has 3 fully saturated rings. The van der Waals surface area contributed by atoms with Crippen LogP contribution in [0.15, 0.2) is 5.38 Å². The summed E-state index contributed by atoms with van der Waals surface area (Å²) in [7, 11) is 0. The first-order chi connectivity index (χ1) is 12.8. The molecule has 0 bridgehead atoms. The first kappa shape index (κ1) is 17.7. The van der Waals surface area contributed by atoms with Gasteiger partial charge in [0.05, 0.1) is 6.42 Å². The van der Waals surface area contributed by atoms with Gasteiger partial charge in [0.1, 0.15) is 22.8 Å². The number of anilines is 1. The number of amides is 2. The minimum Gasteiger partial charge on any atom is -0.477 e. The predicted molar refractivity (Wildman–Crippen MR) is 92.9 cm³/mol. The Bertz CT molecular complexity index is 902. The van der Waals surface area contributed by atoms with Crippen molar-refractivity contribution in [2.45, 2.75) is 23.6 Å². The van der Waals surface area contributed by atoms with E-state index in [1.54, 1.807) is 0 Å². The Morgan fingerprint density at radius 1 is 1.48 bits per heavy atom. The van der Waals surface area contributed by atoms with Gasteiger partial charge in [0.25, 0.3) is 17.5 Å². The fourth-order valence-corrected chi connectivity index (χ4v) is 5.56. The Kier molecular flexibility index (Phi) is 3.89. The molecule has 11 nitrogen and oxygen atoms in total. The Labute approximate surface area is 159 Å². The highest BCUT2D eigenvalue weighted by atomic mass is 32.2. The molecular weight excluding hydrogens is 398 g/mol. The topological polar surface area (TPSA) is 176 Å². The molecule has 1 aromatic heterocycles. The number of nitrogens with one attached hydrogen (secondary N) is 2. The van der Waals surface area contributed by atoms with Crippen molar-refractivity contribution in [3.63, 3.8) is 0 Å². The number of carboxylic acids is 1. The highest BCUT2D eigenvalue weighted by Crippen LogP contribution is 2.51. The van der Waals surface area contributed by atoms with E-state index < -0.39 is 52.5 Å². The van der Waals surface area contributed by atoms with Crippen LogP contribution in [0, 0.1) is 11.3 Å². The number of carboxylic acid groups (broad SMARTS) is 1. The third kappa shape index (κ3) is 2.41. The maximum atomic E-state index is 12.6. The highest BCUT2D eigenvalue weighted by Gasteiger charge is 2.71. The molecule has 13 heteroatoms. The number of aromatic nitrogens is 1. The lowest BCUT2D eigenvalue weighted by Gasteiger charge is -2.56. The lowest BCUT2D eigenvalue weighted by Crippen LogP contribution is -2.80. The van der Waals surface area contributed by atoms with Crippen LogP contribution >= 0.6 is 23.1 Å². The molecule has 0 saturated carbocycles. The van der Waals surface area contributed by atoms with Crippen LogP contribution in [0.3, 0.4) is 0 Å². The smallest absolute Gasteiger partial charge is 0.370 e. The van der Waals surface area contributed by atoms with Gasteiger partial charge < -0.3 is 20.9 Å². The Morgan fingerprint density at radius 3 is 2.85 bits per heavy atom. The number of hydrogen-bond donors (Lipinski definition) is 4. The van der Waals surface area contributed by atoms with E-state index >= 15 is 0 Å². The molecule has 3 aliphatic rings. The summed E-state index contributed by atoms with van der Waals surface area (Å²) in [5.41, 5.74) is 3.09. The van der Waals surface area contributed by atoms with Crippen LogP contribution in [0.2, 0.25) is 0 Å². The van der Waals surface area contributed by atoms with Crippen LogP contribution in [0.1, 0.15) is 12.1 Å². The van der Waals surface area contributed by atoms with E-state index in [-0.39, 0.29) is 17.2 Å². The van der Waals surface area contributed by atoms with Gasteiger partial charge in [-0.3, -0.25) is 24.7 Å². The van der Waals surface area contributed by atoms with E-state index in [2.05, 4.69) is 10.3 Å². The number of hydrogen-bond acceptors (Lipinski definition) is 10. The van der Waals surface area contributed by atoms with Crippen molar-refractivity contribution in [3.8, 4) is 0 Å². The molecule has 0 spiro atoms. The number of β-lactam (4-membered cyclic amide) rings is 1. The molecule has 1 aromatic rings. The van der Waals surface area contributed by atoms with E-state index in [1.165, 1.54) is 17.1 Å². The average molecular weight is 411 g/mol. The lowest BCUT2D eigenvalue weighted by atomic mass is 9.89. The molecule has 4 rings (SSSR count). The van der Waals surface area contributed by atoms with E-state index in [1.807, 2.05) is 0 Å². The standard InChI is InChI=1S/C14H13N5O6S2/c15-7(5-3-27-13(16)17-5)9(21)18-8-10(22)19-11(8)26-2-4-1-6(20)25-14(4,19)12(23)24/h3-4,8,11,15H,1-2H2,(H2,16,17)(H,18,21)(H,23,24). The van der Waals surface area contributed by atoms with Crippen molar-refractivity contribution in [3.05, 3.63) is 11.1 Å². The molecule has 4 atom stereocenters. The minimum absolute atomic E-state index is 0.0806. The summed E-state index contributed by atoms with van der Waals surface area (Å²) in [4.78, 5) is 53.2. The number of nitrogen functional groups attached to an aromatic ring is 1. The van der Waals surface area contributed by atoms with Crippen LogP contribution in [-0.4, -0.2) is 67.3 Å². The van der Waals surface area contributed by atoms with Crippen LogP contribution in [0.5, 0.6) is 0 Å². The first-order valence-corrected chi connectivity index (χ1v) is 9.69. The average Bonchev–Trinajstić information content (AvgIpc) is 3.20. The van der Waals surface area contributed by atoms with Crippen molar-refractivity contribution in [2.24, 2.45) is 5.92 Å². The molecule has 0 aliphatic carbocycles. The summed E-state index contributed by atoms with van der Waals surface area (Å²) in [6, 6.07) is -1.02. The number of nitrogens with zero attached hydrogens (tertiary/aromatic N) is 2. The molecule has 27 heavy (non-hydrogen) atoms. The lowest BCUT2D eigenvalue weighted by molar-refractivity contribution is -0.215. The first-order valence-electron chi connectivity index (χ1n) is 7.76. The van der Waals surface area contributed by atoms with E-state index in [0.717, 1.165) is 16.2 Å². The number of thioether (sulfide) groups is 1. The van der Waals surface area contributed by atoms with Crippen molar-refractivity contribution in [1.82, 2.24) is 15.2 Å². The maximum absolute atomic E-state index is 12.6. The van der Waals surface area contributed by atoms with Gasteiger partial charge in [0.2, 0.25) is 0 Å². The highest BCUT2D eigenvalue weighted by molar-refractivity contribution is 8.00. The number of aliphatic carboxylic acids is 1.